The number of β-lactam (4-membered cyclic amide) rings is 1. The van der Waals surface area contributed by atoms with Crippen LogP contribution in [0, 0.1) is 5.92 Å². The summed E-state index contributed by atoms with van der Waals surface area (Å²) < 4.78 is 10.1. The minimum atomic E-state index is -0.527. The molecule has 0 N–H and O–H groups in total. The molecular formula is C14H17NO4. The predicted molar refractivity (Wildman–Crippen MR) is 70.1 cm³/mol. The molecule has 102 valence electrons. The van der Waals surface area contributed by atoms with Gasteiger partial charge in [0.05, 0.1) is 19.6 Å². The van der Waals surface area contributed by atoms with Crippen LogP contribution in [0.4, 0.5) is 5.69 Å². The Hall–Kier alpha value is -2.04. The van der Waals surface area contributed by atoms with E-state index in [1.807, 2.05) is 0 Å². The lowest BCUT2D eigenvalue weighted by Crippen LogP contribution is -2.64. The van der Waals surface area contributed by atoms with Crippen LogP contribution in [0.2, 0.25) is 0 Å². The summed E-state index contributed by atoms with van der Waals surface area (Å²) in [5.41, 5.74) is 0.682. The molecule has 1 aliphatic heterocycles. The second-order valence-electron chi connectivity index (χ2n) is 4.39. The van der Waals surface area contributed by atoms with Gasteiger partial charge in [-0.15, -0.1) is 0 Å². The van der Waals surface area contributed by atoms with Crippen molar-refractivity contribution >= 4 is 17.6 Å². The minimum absolute atomic E-state index is 0.0665. The maximum Gasteiger partial charge on any atom is 0.330 e. The first kappa shape index (κ1) is 13.4. The molecule has 1 aromatic carbocycles. The number of esters is 1. The molecular weight excluding hydrogens is 246 g/mol. The smallest absolute Gasteiger partial charge is 0.330 e. The third-order valence-electron chi connectivity index (χ3n) is 3.26. The highest BCUT2D eigenvalue weighted by Gasteiger charge is 2.50. The first-order chi connectivity index (χ1) is 9.10. The van der Waals surface area contributed by atoms with E-state index >= 15 is 0 Å². The molecule has 2 rings (SSSR count). The molecule has 19 heavy (non-hydrogen) atoms. The second kappa shape index (κ2) is 5.30. The van der Waals surface area contributed by atoms with E-state index in [0.717, 1.165) is 0 Å². The molecule has 0 radical (unpaired) electrons. The van der Waals surface area contributed by atoms with Gasteiger partial charge in [0.2, 0.25) is 5.91 Å². The van der Waals surface area contributed by atoms with Gasteiger partial charge in [0.1, 0.15) is 11.8 Å². The number of benzene rings is 1. The number of hydrogen-bond donors (Lipinski definition) is 0. The molecule has 1 heterocycles. The maximum atomic E-state index is 11.9. The van der Waals surface area contributed by atoms with E-state index in [1.54, 1.807) is 45.2 Å². The van der Waals surface area contributed by atoms with Crippen LogP contribution in [0.1, 0.15) is 13.8 Å². The zero-order valence-electron chi connectivity index (χ0n) is 11.3. The Labute approximate surface area is 112 Å². The van der Waals surface area contributed by atoms with Gasteiger partial charge in [0, 0.05) is 5.69 Å². The highest BCUT2D eigenvalue weighted by Crippen LogP contribution is 2.33. The summed E-state index contributed by atoms with van der Waals surface area (Å²) in [6.45, 7) is 3.80. The molecule has 1 fully saturated rings. The van der Waals surface area contributed by atoms with Gasteiger partial charge >= 0.3 is 5.97 Å². The van der Waals surface area contributed by atoms with Gasteiger partial charge in [0.25, 0.3) is 0 Å². The van der Waals surface area contributed by atoms with Crippen molar-refractivity contribution in [3.05, 3.63) is 24.3 Å². The summed E-state index contributed by atoms with van der Waals surface area (Å²) in [6, 6.07) is 6.51. The largest absolute Gasteiger partial charge is 0.497 e. The fraction of sp³-hybridized carbons (Fsp3) is 0.429. The lowest BCUT2D eigenvalue weighted by molar-refractivity contribution is -0.153. The summed E-state index contributed by atoms with van der Waals surface area (Å²) in [5.74, 6) is -0.0488. The number of nitrogens with zero attached hydrogens (tertiary/aromatic N) is 1. The first-order valence-electron chi connectivity index (χ1n) is 6.24. The number of carbonyl (C=O) groups is 2. The van der Waals surface area contributed by atoms with E-state index < -0.39 is 6.04 Å². The first-order valence-corrected chi connectivity index (χ1v) is 6.24. The molecule has 1 amide bonds. The number of amides is 1. The van der Waals surface area contributed by atoms with Crippen molar-refractivity contribution in [1.29, 1.82) is 0 Å². The van der Waals surface area contributed by atoms with E-state index in [1.165, 1.54) is 4.90 Å². The van der Waals surface area contributed by atoms with Gasteiger partial charge in [0.15, 0.2) is 0 Å². The molecule has 1 aliphatic rings. The minimum Gasteiger partial charge on any atom is -0.497 e. The average Bonchev–Trinajstić information content (AvgIpc) is 2.44. The number of hydrogen-bond acceptors (Lipinski definition) is 4. The van der Waals surface area contributed by atoms with Crippen molar-refractivity contribution in [1.82, 2.24) is 0 Å². The van der Waals surface area contributed by atoms with Gasteiger partial charge in [-0.3, -0.25) is 9.69 Å². The number of rotatable bonds is 4. The number of ether oxygens (including phenoxy) is 2. The van der Waals surface area contributed by atoms with Crippen LogP contribution in [0.15, 0.2) is 24.3 Å². The fourth-order valence-electron chi connectivity index (χ4n) is 2.20. The van der Waals surface area contributed by atoms with Crippen LogP contribution in [0.5, 0.6) is 5.75 Å². The lowest BCUT2D eigenvalue weighted by atomic mass is 9.88. The summed E-state index contributed by atoms with van der Waals surface area (Å²) in [6.07, 6.45) is 0. The van der Waals surface area contributed by atoms with Crippen LogP contribution in [0.25, 0.3) is 0 Å². The molecule has 0 bridgehead atoms. The highest BCUT2D eigenvalue weighted by atomic mass is 16.5. The Bertz CT molecular complexity index is 483. The Morgan fingerprint density at radius 2 is 1.95 bits per heavy atom. The van der Waals surface area contributed by atoms with Gasteiger partial charge in [-0.25, -0.2) is 4.79 Å². The Balaban J connectivity index is 2.21. The zero-order chi connectivity index (χ0) is 14.0. The molecule has 0 saturated carbocycles. The molecule has 0 unspecified atom stereocenters. The standard InChI is InChI=1S/C14H17NO4/c1-4-19-14(17)12-9(2)13(16)15(12)10-5-7-11(18-3)8-6-10/h5-9,12H,4H2,1-3H3/t9-,12+/m0/s1. The third kappa shape index (κ3) is 2.28. The van der Waals surface area contributed by atoms with Crippen molar-refractivity contribution in [3.63, 3.8) is 0 Å². The SMILES string of the molecule is CCOC(=O)[C@H]1[C@H](C)C(=O)N1c1ccc(OC)cc1. The summed E-state index contributed by atoms with van der Waals surface area (Å²) in [7, 11) is 1.58. The van der Waals surface area contributed by atoms with E-state index in [2.05, 4.69) is 0 Å². The average molecular weight is 263 g/mol. The quantitative estimate of drug-likeness (QED) is 0.611. The van der Waals surface area contributed by atoms with Crippen molar-refractivity contribution in [2.45, 2.75) is 19.9 Å². The summed E-state index contributed by atoms with van der Waals surface area (Å²) in [4.78, 5) is 25.2. The van der Waals surface area contributed by atoms with Crippen LogP contribution < -0.4 is 9.64 Å². The van der Waals surface area contributed by atoms with E-state index in [0.29, 0.717) is 18.0 Å². The number of anilines is 1. The van der Waals surface area contributed by atoms with Gasteiger partial charge in [-0.1, -0.05) is 6.92 Å². The van der Waals surface area contributed by atoms with Crippen LogP contribution in [-0.4, -0.2) is 31.6 Å². The third-order valence-corrected chi connectivity index (χ3v) is 3.26. The zero-order valence-corrected chi connectivity index (χ0v) is 11.3. The molecule has 0 aliphatic carbocycles. The van der Waals surface area contributed by atoms with Gasteiger partial charge < -0.3 is 9.47 Å². The Kier molecular flexibility index (Phi) is 3.74. The monoisotopic (exact) mass is 263 g/mol. The van der Waals surface area contributed by atoms with E-state index in [4.69, 9.17) is 9.47 Å². The van der Waals surface area contributed by atoms with Crippen molar-refractivity contribution in [2.75, 3.05) is 18.6 Å². The molecule has 1 aromatic rings. The van der Waals surface area contributed by atoms with Crippen molar-refractivity contribution in [3.8, 4) is 5.75 Å². The summed E-state index contributed by atoms with van der Waals surface area (Å²) >= 11 is 0. The molecule has 1 saturated heterocycles. The summed E-state index contributed by atoms with van der Waals surface area (Å²) in [5, 5.41) is 0. The van der Waals surface area contributed by atoms with E-state index in [9.17, 15) is 9.59 Å². The van der Waals surface area contributed by atoms with Gasteiger partial charge in [-0.2, -0.15) is 0 Å². The molecule has 0 aromatic heterocycles. The van der Waals surface area contributed by atoms with Crippen molar-refractivity contribution < 1.29 is 19.1 Å². The number of methoxy groups -OCH3 is 1. The lowest BCUT2D eigenvalue weighted by Gasteiger charge is -2.43. The van der Waals surface area contributed by atoms with Crippen LogP contribution >= 0.6 is 0 Å². The van der Waals surface area contributed by atoms with E-state index in [-0.39, 0.29) is 17.8 Å². The van der Waals surface area contributed by atoms with Crippen LogP contribution in [0.3, 0.4) is 0 Å². The number of carbonyl (C=O) groups excluding carboxylic acids is 2. The van der Waals surface area contributed by atoms with Crippen molar-refractivity contribution in [2.24, 2.45) is 5.92 Å². The highest BCUT2D eigenvalue weighted by molar-refractivity contribution is 6.10. The molecule has 2 atom stereocenters. The predicted octanol–water partition coefficient (Wildman–Crippen LogP) is 1.61. The fourth-order valence-corrected chi connectivity index (χ4v) is 2.20. The van der Waals surface area contributed by atoms with Crippen LogP contribution in [-0.2, 0) is 14.3 Å². The molecule has 5 nitrogen and oxygen atoms in total. The topological polar surface area (TPSA) is 55.8 Å². The Morgan fingerprint density at radius 3 is 2.47 bits per heavy atom. The van der Waals surface area contributed by atoms with Gasteiger partial charge in [-0.05, 0) is 31.2 Å². The molecule has 5 heteroatoms. The molecule has 0 spiro atoms. The second-order valence-corrected chi connectivity index (χ2v) is 4.39. The maximum absolute atomic E-state index is 11.9. The normalized spacial score (nSPS) is 21.8. The Morgan fingerprint density at radius 1 is 1.32 bits per heavy atom.